The molecule has 0 fully saturated rings. The Balaban J connectivity index is 1.46. The van der Waals surface area contributed by atoms with Gasteiger partial charge in [-0.05, 0) is 43.7 Å². The average Bonchev–Trinajstić information content (AvgIpc) is 3.14. The van der Waals surface area contributed by atoms with Crippen LogP contribution in [0.3, 0.4) is 0 Å². The second-order valence-corrected chi connectivity index (χ2v) is 9.05. The maximum absolute atomic E-state index is 12.3. The molecule has 166 valence electrons. The van der Waals surface area contributed by atoms with Crippen molar-refractivity contribution >= 4 is 21.5 Å². The van der Waals surface area contributed by atoms with Crippen LogP contribution in [0.5, 0.6) is 11.5 Å². The van der Waals surface area contributed by atoms with Crippen LogP contribution in [0, 0.1) is 6.92 Å². The summed E-state index contributed by atoms with van der Waals surface area (Å²) in [5.41, 5.74) is 2.77. The number of benzene rings is 2. The van der Waals surface area contributed by atoms with E-state index in [2.05, 4.69) is 20.1 Å². The number of nitrogens with zero attached hydrogens (tertiary/aromatic N) is 3. The van der Waals surface area contributed by atoms with Crippen LogP contribution in [0.15, 0.2) is 65.7 Å². The Kier molecular flexibility index (Phi) is 5.97. The van der Waals surface area contributed by atoms with Gasteiger partial charge in [0, 0.05) is 30.3 Å². The zero-order chi connectivity index (χ0) is 22.7. The van der Waals surface area contributed by atoms with E-state index in [0.29, 0.717) is 35.7 Å². The lowest BCUT2D eigenvalue weighted by Gasteiger charge is -2.12. The van der Waals surface area contributed by atoms with Crippen LogP contribution in [0.2, 0.25) is 0 Å². The monoisotopic (exact) mass is 453 g/mol. The first-order valence-electron chi connectivity index (χ1n) is 10.0. The Morgan fingerprint density at radius 3 is 2.62 bits per heavy atom. The maximum Gasteiger partial charge on any atom is 0.240 e. The summed E-state index contributed by atoms with van der Waals surface area (Å²) < 4.78 is 28.9. The minimum Gasteiger partial charge on any atom is -0.508 e. The fraction of sp³-hybridized carbons (Fsp3) is 0.182. The van der Waals surface area contributed by atoms with Gasteiger partial charge in [-0.1, -0.05) is 18.2 Å². The van der Waals surface area contributed by atoms with Gasteiger partial charge < -0.3 is 15.5 Å². The number of aromatic nitrogens is 3. The summed E-state index contributed by atoms with van der Waals surface area (Å²) in [5.74, 6) is 0.706. The molecule has 0 aliphatic rings. The lowest BCUT2D eigenvalue weighted by Crippen LogP contribution is -2.26. The summed E-state index contributed by atoms with van der Waals surface area (Å²) in [6.07, 6.45) is 2.22. The molecular weight excluding hydrogens is 430 g/mol. The molecule has 0 amide bonds. The van der Waals surface area contributed by atoms with Crippen molar-refractivity contribution in [2.24, 2.45) is 0 Å². The largest absolute Gasteiger partial charge is 0.508 e. The third kappa shape index (κ3) is 4.51. The fourth-order valence-electron chi connectivity index (χ4n) is 3.27. The maximum atomic E-state index is 12.3. The molecular formula is C22H23N5O4S. The first-order chi connectivity index (χ1) is 15.3. The van der Waals surface area contributed by atoms with Gasteiger partial charge in [-0.2, -0.15) is 9.61 Å². The molecule has 0 aliphatic carbocycles. The number of aryl methyl sites for hydroxylation is 1. The smallest absolute Gasteiger partial charge is 0.240 e. The SMILES string of the molecule is Cc1cnn2c(NCCCNS(=O)(=O)c3cccc(O)c3)cc(-c3ccccc3O)nc12. The first kappa shape index (κ1) is 21.6. The van der Waals surface area contributed by atoms with Crippen molar-refractivity contribution in [3.8, 4) is 22.8 Å². The molecule has 10 heteroatoms. The van der Waals surface area contributed by atoms with Crippen molar-refractivity contribution in [2.75, 3.05) is 18.4 Å². The van der Waals surface area contributed by atoms with Gasteiger partial charge in [0.25, 0.3) is 0 Å². The quantitative estimate of drug-likeness (QED) is 0.302. The topological polar surface area (TPSA) is 129 Å². The van der Waals surface area contributed by atoms with E-state index in [9.17, 15) is 18.6 Å². The molecule has 0 saturated heterocycles. The van der Waals surface area contributed by atoms with Crippen LogP contribution in [0.4, 0.5) is 5.82 Å². The van der Waals surface area contributed by atoms with E-state index < -0.39 is 10.0 Å². The van der Waals surface area contributed by atoms with Crippen molar-refractivity contribution in [3.63, 3.8) is 0 Å². The number of aromatic hydroxyl groups is 2. The lowest BCUT2D eigenvalue weighted by molar-refractivity contribution is 0.473. The van der Waals surface area contributed by atoms with Crippen LogP contribution < -0.4 is 10.0 Å². The average molecular weight is 454 g/mol. The van der Waals surface area contributed by atoms with Gasteiger partial charge >= 0.3 is 0 Å². The normalized spacial score (nSPS) is 11.7. The predicted molar refractivity (Wildman–Crippen MR) is 121 cm³/mol. The fourth-order valence-corrected chi connectivity index (χ4v) is 4.39. The number of anilines is 1. The Morgan fingerprint density at radius 2 is 1.84 bits per heavy atom. The molecule has 0 unspecified atom stereocenters. The third-order valence-electron chi connectivity index (χ3n) is 4.91. The molecule has 0 saturated carbocycles. The van der Waals surface area contributed by atoms with E-state index in [4.69, 9.17) is 0 Å². The Bertz CT molecular complexity index is 1370. The zero-order valence-electron chi connectivity index (χ0n) is 17.4. The number of nitrogens with one attached hydrogen (secondary N) is 2. The number of hydrogen-bond acceptors (Lipinski definition) is 7. The Morgan fingerprint density at radius 1 is 1.03 bits per heavy atom. The first-order valence-corrected chi connectivity index (χ1v) is 11.5. The van der Waals surface area contributed by atoms with Crippen molar-refractivity contribution in [1.82, 2.24) is 19.3 Å². The highest BCUT2D eigenvalue weighted by molar-refractivity contribution is 7.89. The number of fused-ring (bicyclic) bond motifs is 1. The van der Waals surface area contributed by atoms with E-state index in [1.54, 1.807) is 35.0 Å². The highest BCUT2D eigenvalue weighted by atomic mass is 32.2. The summed E-state index contributed by atoms with van der Waals surface area (Å²) in [6, 6.07) is 14.3. The van der Waals surface area contributed by atoms with Gasteiger partial charge in [0.15, 0.2) is 5.65 Å². The van der Waals surface area contributed by atoms with Gasteiger partial charge in [-0.25, -0.2) is 18.1 Å². The molecule has 32 heavy (non-hydrogen) atoms. The van der Waals surface area contributed by atoms with E-state index in [0.717, 1.165) is 5.56 Å². The molecule has 4 N–H and O–H groups in total. The molecule has 4 aromatic rings. The van der Waals surface area contributed by atoms with Crippen LogP contribution >= 0.6 is 0 Å². The molecule has 0 atom stereocenters. The predicted octanol–water partition coefficient (Wildman–Crippen LogP) is 2.90. The van der Waals surface area contributed by atoms with Crippen molar-refractivity contribution in [1.29, 1.82) is 0 Å². The molecule has 0 radical (unpaired) electrons. The van der Waals surface area contributed by atoms with Crippen LogP contribution in [-0.2, 0) is 10.0 Å². The van der Waals surface area contributed by atoms with Crippen molar-refractivity contribution in [2.45, 2.75) is 18.2 Å². The summed E-state index contributed by atoms with van der Waals surface area (Å²) in [6.45, 7) is 2.59. The molecule has 4 rings (SSSR count). The van der Waals surface area contributed by atoms with Crippen LogP contribution in [0.25, 0.3) is 16.9 Å². The summed E-state index contributed by atoms with van der Waals surface area (Å²) >= 11 is 0. The minimum absolute atomic E-state index is 0.0145. The highest BCUT2D eigenvalue weighted by Gasteiger charge is 2.15. The number of phenols is 2. The molecule has 0 bridgehead atoms. The highest BCUT2D eigenvalue weighted by Crippen LogP contribution is 2.30. The molecule has 2 aromatic heterocycles. The lowest BCUT2D eigenvalue weighted by atomic mass is 10.1. The third-order valence-corrected chi connectivity index (χ3v) is 6.37. The number of hydrogen-bond donors (Lipinski definition) is 4. The molecule has 0 spiro atoms. The summed E-state index contributed by atoms with van der Waals surface area (Å²) in [4.78, 5) is 4.65. The summed E-state index contributed by atoms with van der Waals surface area (Å²) in [5, 5.41) is 27.3. The molecule has 0 aliphatic heterocycles. The minimum atomic E-state index is -3.70. The van der Waals surface area contributed by atoms with Crippen molar-refractivity contribution in [3.05, 3.63) is 66.4 Å². The second kappa shape index (κ2) is 8.85. The van der Waals surface area contributed by atoms with E-state index >= 15 is 0 Å². The molecule has 9 nitrogen and oxygen atoms in total. The van der Waals surface area contributed by atoms with Gasteiger partial charge in [-0.15, -0.1) is 0 Å². The molecule has 2 heterocycles. The number of sulfonamides is 1. The van der Waals surface area contributed by atoms with Crippen LogP contribution in [-0.4, -0.2) is 46.3 Å². The van der Waals surface area contributed by atoms with Crippen molar-refractivity contribution < 1.29 is 18.6 Å². The number of rotatable bonds is 8. The zero-order valence-corrected chi connectivity index (χ0v) is 18.2. The summed E-state index contributed by atoms with van der Waals surface area (Å²) in [7, 11) is -3.70. The van der Waals surface area contributed by atoms with Gasteiger partial charge in [-0.3, -0.25) is 0 Å². The van der Waals surface area contributed by atoms with E-state index in [1.807, 2.05) is 13.0 Å². The standard InChI is InChI=1S/C22H23N5O4S/c1-15-14-24-27-21(13-19(26-22(15)27)18-8-2-3-9-20(18)29)23-10-5-11-25-32(30,31)17-7-4-6-16(28)12-17/h2-4,6-9,12-14,23,25,28-29H,5,10-11H2,1H3. The number of phenolic OH excluding ortho intramolecular Hbond substituents is 2. The van der Waals surface area contributed by atoms with Crippen LogP contribution in [0.1, 0.15) is 12.0 Å². The van der Waals surface area contributed by atoms with Gasteiger partial charge in [0.2, 0.25) is 10.0 Å². The van der Waals surface area contributed by atoms with E-state index in [-0.39, 0.29) is 22.9 Å². The van der Waals surface area contributed by atoms with Gasteiger partial charge in [0.1, 0.15) is 17.3 Å². The Hall–Kier alpha value is -3.63. The Labute approximate surface area is 185 Å². The van der Waals surface area contributed by atoms with E-state index in [1.165, 1.54) is 24.3 Å². The molecule has 2 aromatic carbocycles. The van der Waals surface area contributed by atoms with Gasteiger partial charge in [0.05, 0.1) is 16.8 Å². The number of para-hydroxylation sites is 1. The second-order valence-electron chi connectivity index (χ2n) is 7.28.